The Morgan fingerprint density at radius 2 is 1.58 bits per heavy atom. The Kier molecular flexibility index (Phi) is 9.21. The maximum absolute atomic E-state index is 11.1. The normalized spacial score (nSPS) is 13.8. The van der Waals surface area contributed by atoms with Gasteiger partial charge in [0.15, 0.2) is 0 Å². The van der Waals surface area contributed by atoms with Crippen molar-refractivity contribution in [1.29, 1.82) is 0 Å². The van der Waals surface area contributed by atoms with Crippen molar-refractivity contribution in [3.8, 4) is 0 Å². The lowest BCUT2D eigenvalue weighted by atomic mass is 10.0. The average molecular weight is 461 g/mol. The highest BCUT2D eigenvalue weighted by Gasteiger charge is 2.33. The second kappa shape index (κ2) is 12.1. The topological polar surface area (TPSA) is 38.7 Å². The van der Waals surface area contributed by atoms with E-state index in [1.54, 1.807) is 7.11 Å². The van der Waals surface area contributed by atoms with Crippen molar-refractivity contribution < 1.29 is 14.6 Å². The maximum Gasteiger partial charge on any atom is 0.146 e. The molecule has 0 unspecified atom stereocenters. The van der Waals surface area contributed by atoms with Gasteiger partial charge in [0.2, 0.25) is 0 Å². The number of aliphatic hydroxyl groups is 1. The third-order valence-electron chi connectivity index (χ3n) is 6.35. The summed E-state index contributed by atoms with van der Waals surface area (Å²) in [5.41, 5.74) is 4.74. The fourth-order valence-corrected chi connectivity index (χ4v) is 6.93. The first kappa shape index (κ1) is 25.1. The van der Waals surface area contributed by atoms with E-state index in [0.29, 0.717) is 19.8 Å². The zero-order valence-corrected chi connectivity index (χ0v) is 21.2. The molecular weight excluding hydrogens is 424 g/mol. The van der Waals surface area contributed by atoms with Gasteiger partial charge in [-0.1, -0.05) is 115 Å². The van der Waals surface area contributed by atoms with Gasteiger partial charge in [-0.15, -0.1) is 0 Å². The molecule has 0 saturated heterocycles. The molecule has 0 aliphatic carbocycles. The van der Waals surface area contributed by atoms with E-state index in [0.717, 1.165) is 16.7 Å². The molecule has 0 radical (unpaired) electrons. The number of rotatable bonds is 11. The molecule has 33 heavy (non-hydrogen) atoms. The number of aryl methyl sites for hydroxylation is 1. The van der Waals surface area contributed by atoms with Crippen LogP contribution in [0.2, 0.25) is 18.6 Å². The zero-order chi connectivity index (χ0) is 23.7. The first-order chi connectivity index (χ1) is 15.9. The fourth-order valence-electron chi connectivity index (χ4n) is 4.06. The minimum atomic E-state index is -1.88. The minimum absolute atomic E-state index is 0.279. The Balaban J connectivity index is 1.81. The van der Waals surface area contributed by atoms with Crippen LogP contribution in [0.15, 0.2) is 84.9 Å². The summed E-state index contributed by atoms with van der Waals surface area (Å²) in [4.78, 5) is 0. The van der Waals surface area contributed by atoms with Crippen molar-refractivity contribution in [2.24, 2.45) is 0 Å². The quantitative estimate of drug-likeness (QED) is 0.209. The summed E-state index contributed by atoms with van der Waals surface area (Å²) >= 11 is 0. The van der Waals surface area contributed by atoms with Gasteiger partial charge in [0.25, 0.3) is 0 Å². The van der Waals surface area contributed by atoms with E-state index in [1.165, 1.54) is 10.8 Å². The smallest absolute Gasteiger partial charge is 0.146 e. The number of hydrogen-bond acceptors (Lipinski definition) is 3. The summed E-state index contributed by atoms with van der Waals surface area (Å²) in [7, 11) is -0.257. The third kappa shape index (κ3) is 7.24. The Morgan fingerprint density at radius 1 is 0.909 bits per heavy atom. The van der Waals surface area contributed by atoms with Gasteiger partial charge >= 0.3 is 0 Å². The van der Waals surface area contributed by atoms with E-state index >= 15 is 0 Å². The van der Waals surface area contributed by atoms with Gasteiger partial charge in [-0.05, 0) is 35.6 Å². The fraction of sp³-hybridized carbons (Fsp3) is 0.310. The van der Waals surface area contributed by atoms with Gasteiger partial charge in [-0.3, -0.25) is 0 Å². The molecule has 174 valence electrons. The molecule has 1 N–H and O–H groups in total. The highest BCUT2D eigenvalue weighted by Crippen LogP contribution is 2.34. The lowest BCUT2D eigenvalue weighted by Crippen LogP contribution is -2.45. The summed E-state index contributed by atoms with van der Waals surface area (Å²) in [5.74, 6) is 0. The molecule has 0 bridgehead atoms. The molecule has 3 nitrogen and oxygen atoms in total. The van der Waals surface area contributed by atoms with Gasteiger partial charge in [-0.2, -0.15) is 0 Å². The largest absolute Gasteiger partial charge is 0.388 e. The number of allylic oxidation sites excluding steroid dienone is 1. The van der Waals surface area contributed by atoms with Crippen LogP contribution in [-0.2, 0) is 16.1 Å². The second-order valence-corrected chi connectivity index (χ2v) is 14.0. The van der Waals surface area contributed by atoms with E-state index in [-0.39, 0.29) is 5.54 Å². The van der Waals surface area contributed by atoms with Crippen LogP contribution >= 0.6 is 0 Å². The molecule has 0 amide bonds. The van der Waals surface area contributed by atoms with Crippen LogP contribution in [0.5, 0.6) is 0 Å². The van der Waals surface area contributed by atoms with E-state index in [9.17, 15) is 5.11 Å². The third-order valence-corrected chi connectivity index (χ3v) is 10.5. The Morgan fingerprint density at radius 3 is 2.21 bits per heavy atom. The molecule has 0 fully saturated rings. The summed E-state index contributed by atoms with van der Waals surface area (Å²) in [6.07, 6.45) is 4.73. The van der Waals surface area contributed by atoms with Crippen molar-refractivity contribution in [3.05, 3.63) is 107 Å². The first-order valence-electron chi connectivity index (χ1n) is 11.5. The Labute approximate surface area is 199 Å². The van der Waals surface area contributed by atoms with Crippen molar-refractivity contribution >= 4 is 19.3 Å². The molecule has 3 rings (SSSR count). The number of aliphatic hydroxyl groups excluding tert-OH is 1. The van der Waals surface area contributed by atoms with Gasteiger partial charge < -0.3 is 14.6 Å². The molecular formula is C29H36O3Si. The standard InChI is InChI=1S/C29H36O3Si/c1-23-10-17-26(18-11-23)29(30)20-28(33(3,4)27-8-6-5-7-9-27)19-16-24-12-14-25(15-13-24)21-32-22-31-2/h5-19,28-30H,20-22H2,1-4H3/b19-16+/t28-,29-/m0/s1. The molecule has 3 aromatic carbocycles. The number of benzene rings is 3. The minimum Gasteiger partial charge on any atom is -0.388 e. The van der Waals surface area contributed by atoms with Gasteiger partial charge in [0.1, 0.15) is 6.79 Å². The molecule has 0 aliphatic heterocycles. The summed E-state index contributed by atoms with van der Waals surface area (Å²) in [6, 6.07) is 27.4. The van der Waals surface area contributed by atoms with Crippen molar-refractivity contribution in [2.75, 3.05) is 13.9 Å². The van der Waals surface area contributed by atoms with Crippen LogP contribution < -0.4 is 5.19 Å². The summed E-state index contributed by atoms with van der Waals surface area (Å²) in [6.45, 7) is 7.70. The van der Waals surface area contributed by atoms with E-state index in [2.05, 4.69) is 98.9 Å². The molecule has 4 heteroatoms. The Hall–Kier alpha value is -2.50. The monoisotopic (exact) mass is 460 g/mol. The second-order valence-electron chi connectivity index (χ2n) is 9.21. The molecule has 0 spiro atoms. The van der Waals surface area contributed by atoms with E-state index in [1.807, 2.05) is 12.1 Å². The maximum atomic E-state index is 11.1. The first-order valence-corrected chi connectivity index (χ1v) is 14.6. The molecule has 0 heterocycles. The number of hydrogen-bond donors (Lipinski definition) is 1. The van der Waals surface area contributed by atoms with Crippen LogP contribution in [0.3, 0.4) is 0 Å². The van der Waals surface area contributed by atoms with Gasteiger partial charge in [0, 0.05) is 7.11 Å². The van der Waals surface area contributed by atoms with Crippen molar-refractivity contribution in [2.45, 2.75) is 44.7 Å². The summed E-state index contributed by atoms with van der Waals surface area (Å²) < 4.78 is 10.4. The van der Waals surface area contributed by atoms with Crippen LogP contribution in [-0.4, -0.2) is 27.1 Å². The van der Waals surface area contributed by atoms with Crippen LogP contribution in [0.4, 0.5) is 0 Å². The lowest BCUT2D eigenvalue weighted by Gasteiger charge is -2.33. The molecule has 0 aliphatic rings. The molecule has 0 saturated carbocycles. The zero-order valence-electron chi connectivity index (χ0n) is 20.2. The highest BCUT2D eigenvalue weighted by molar-refractivity contribution is 6.91. The average Bonchev–Trinajstić information content (AvgIpc) is 2.83. The molecule has 3 aromatic rings. The highest BCUT2D eigenvalue weighted by atomic mass is 28.3. The summed E-state index contributed by atoms with van der Waals surface area (Å²) in [5, 5.41) is 12.5. The van der Waals surface area contributed by atoms with Gasteiger partial charge in [0.05, 0.1) is 20.8 Å². The van der Waals surface area contributed by atoms with E-state index in [4.69, 9.17) is 9.47 Å². The van der Waals surface area contributed by atoms with Crippen LogP contribution in [0.1, 0.15) is 34.8 Å². The van der Waals surface area contributed by atoms with E-state index < -0.39 is 14.2 Å². The molecule has 2 atom stereocenters. The number of ether oxygens (including phenoxy) is 2. The molecule has 0 aromatic heterocycles. The Bertz CT molecular complexity index is 995. The van der Waals surface area contributed by atoms with Crippen LogP contribution in [0, 0.1) is 6.92 Å². The van der Waals surface area contributed by atoms with Crippen molar-refractivity contribution in [3.63, 3.8) is 0 Å². The van der Waals surface area contributed by atoms with Crippen LogP contribution in [0.25, 0.3) is 6.08 Å². The SMILES string of the molecule is COCOCc1ccc(/C=C/[C@@H](C[C@H](O)c2ccc(C)cc2)[Si](C)(C)c2ccccc2)cc1. The number of methoxy groups -OCH3 is 1. The predicted molar refractivity (Wildman–Crippen MR) is 140 cm³/mol. The van der Waals surface area contributed by atoms with Crippen molar-refractivity contribution in [1.82, 2.24) is 0 Å². The van der Waals surface area contributed by atoms with Gasteiger partial charge in [-0.25, -0.2) is 0 Å². The lowest BCUT2D eigenvalue weighted by molar-refractivity contribution is -0.0390. The predicted octanol–water partition coefficient (Wildman–Crippen LogP) is 6.24.